The van der Waals surface area contributed by atoms with E-state index in [9.17, 15) is 19.5 Å². The van der Waals surface area contributed by atoms with Crippen LogP contribution in [0.15, 0.2) is 129 Å². The van der Waals surface area contributed by atoms with Crippen LogP contribution >= 0.6 is 0 Å². The maximum atomic E-state index is 13.9. The number of hydrogen-bond acceptors (Lipinski definition) is 8. The van der Waals surface area contributed by atoms with Crippen LogP contribution < -0.4 is 16.5 Å². The number of esters is 1. The Morgan fingerprint density at radius 2 is 1.35 bits per heavy atom. The average molecular weight is 758 g/mol. The van der Waals surface area contributed by atoms with E-state index < -0.39 is 11.9 Å². The Balaban J connectivity index is 1.16. The summed E-state index contributed by atoms with van der Waals surface area (Å²) in [6.07, 6.45) is 5.52. The van der Waals surface area contributed by atoms with Crippen molar-refractivity contribution in [1.29, 1.82) is 5.41 Å². The Morgan fingerprint density at radius 3 is 2.16 bits per heavy atom. The number of carboxylic acids is 1. The minimum atomic E-state index is -0.865. The zero-order valence-corrected chi connectivity index (χ0v) is 30.7. The minimum Gasteiger partial charge on any atom is -0.508 e. The average Bonchev–Trinajstić information content (AvgIpc) is 3.19. The lowest BCUT2D eigenvalue weighted by Crippen LogP contribution is -2.39. The molecule has 2 heterocycles. The highest BCUT2D eigenvalue weighted by Gasteiger charge is 2.23. The number of aliphatic carboxylic acids is 1. The maximum Gasteiger partial charge on any atom is 0.338 e. The number of phenols is 1. The Bertz CT molecular complexity index is 2920. The molecule has 8 rings (SSSR count). The normalized spacial score (nSPS) is 11.6. The number of rotatable bonds is 11. The van der Waals surface area contributed by atoms with E-state index in [1.807, 2.05) is 72.8 Å². The molecule has 0 saturated heterocycles. The Morgan fingerprint density at radius 1 is 0.684 bits per heavy atom. The van der Waals surface area contributed by atoms with Crippen LogP contribution in [0.2, 0.25) is 0 Å². The standard InChI is InChI=1S/C47H36N2O8/c48-30-12-17-35-40(23-30)56-41-24-31(49)13-18-36(41)45(35)29-10-7-27(8-11-29)5-6-28-9-16-34(39(22-28)47(54)55-21-3-1-2-4-44(52)53)46-37-19-14-32(50)25-42(37)57-43-26-33(51)15-20-38(43)46/h5-20,22-26,48,50H,1-4,21,49H2,(H,52,53)/p+1/b6-5+,48-30?. The summed E-state index contributed by atoms with van der Waals surface area (Å²) in [6.45, 7) is 0.115. The van der Waals surface area contributed by atoms with Crippen LogP contribution in [0.3, 0.4) is 0 Å². The van der Waals surface area contributed by atoms with Gasteiger partial charge in [-0.1, -0.05) is 48.6 Å². The van der Waals surface area contributed by atoms with E-state index in [1.165, 1.54) is 24.3 Å². The maximum absolute atomic E-state index is 13.9. The van der Waals surface area contributed by atoms with Gasteiger partial charge in [0.05, 0.1) is 17.5 Å². The van der Waals surface area contributed by atoms with Gasteiger partial charge in [-0.3, -0.25) is 9.59 Å². The van der Waals surface area contributed by atoms with Gasteiger partial charge in [-0.2, -0.15) is 0 Å². The largest absolute Gasteiger partial charge is 0.508 e. The second-order valence-corrected chi connectivity index (χ2v) is 13.9. The van der Waals surface area contributed by atoms with Crippen molar-refractivity contribution in [2.75, 3.05) is 6.61 Å². The molecule has 4 aromatic carbocycles. The number of carbonyl (C=O) groups excluding carboxylic acids is 1. The molecule has 0 radical (unpaired) electrons. The molecule has 0 amide bonds. The predicted octanol–water partition coefficient (Wildman–Crippen LogP) is 9.11. The molecular weight excluding hydrogens is 721 g/mol. The van der Waals surface area contributed by atoms with Crippen molar-refractivity contribution in [3.05, 3.63) is 148 Å². The molecule has 0 saturated carbocycles. The Labute approximate surface area is 325 Å². The van der Waals surface area contributed by atoms with Gasteiger partial charge in [-0.05, 0) is 96.1 Å². The van der Waals surface area contributed by atoms with Crippen LogP contribution in [-0.4, -0.2) is 28.8 Å². The van der Waals surface area contributed by atoms with Crippen molar-refractivity contribution in [3.8, 4) is 50.7 Å². The predicted molar refractivity (Wildman–Crippen MR) is 218 cm³/mol. The van der Waals surface area contributed by atoms with Gasteiger partial charge in [-0.15, -0.1) is 0 Å². The van der Waals surface area contributed by atoms with E-state index in [0.29, 0.717) is 74.9 Å². The SMILES string of the molecule is N=c1ccc2c(-c3ccc(/C=C/c4ccc(-c5c6ccc(=O)cc-6oc6cc(O)ccc56)c(C(=O)OCCCCCC(=O)O)c4)cc3)c3ccc([NH3+])cc3oc-2c1. The molecule has 10 heteroatoms. The smallest absolute Gasteiger partial charge is 0.338 e. The van der Waals surface area contributed by atoms with Crippen molar-refractivity contribution >= 4 is 51.7 Å². The van der Waals surface area contributed by atoms with E-state index in [0.717, 1.165) is 38.9 Å². The third-order valence-corrected chi connectivity index (χ3v) is 9.93. The number of aromatic hydroxyl groups is 1. The highest BCUT2D eigenvalue weighted by molar-refractivity contribution is 6.08. The lowest BCUT2D eigenvalue weighted by Gasteiger charge is -2.18. The number of carboxylic acid groups (broad SMARTS) is 1. The molecule has 57 heavy (non-hydrogen) atoms. The summed E-state index contributed by atoms with van der Waals surface area (Å²) in [5.41, 5.74) is 12.3. The topological polar surface area (TPSA) is 179 Å². The zero-order chi connectivity index (χ0) is 39.6. The highest BCUT2D eigenvalue weighted by Crippen LogP contribution is 2.43. The molecule has 0 atom stereocenters. The number of nitrogens with one attached hydrogen (secondary N) is 1. The van der Waals surface area contributed by atoms with Crippen LogP contribution in [0, 0.1) is 5.41 Å². The van der Waals surface area contributed by atoms with Crippen LogP contribution in [0.5, 0.6) is 5.75 Å². The molecule has 4 aliphatic rings. The van der Waals surface area contributed by atoms with Crippen LogP contribution in [0.4, 0.5) is 5.69 Å². The summed E-state index contributed by atoms with van der Waals surface area (Å²) in [5.74, 6) is -0.505. The Hall–Kier alpha value is -7.30. The number of fused-ring (bicyclic) bond motifs is 4. The molecule has 2 aliphatic carbocycles. The summed E-state index contributed by atoms with van der Waals surface area (Å²) in [4.78, 5) is 37.2. The van der Waals surface area contributed by atoms with Gasteiger partial charge in [0.25, 0.3) is 0 Å². The zero-order valence-electron chi connectivity index (χ0n) is 30.7. The van der Waals surface area contributed by atoms with E-state index >= 15 is 0 Å². The molecule has 282 valence electrons. The Kier molecular flexibility index (Phi) is 9.94. The molecule has 0 fully saturated rings. The molecule has 2 aliphatic heterocycles. The second kappa shape index (κ2) is 15.4. The summed E-state index contributed by atoms with van der Waals surface area (Å²) >= 11 is 0. The van der Waals surface area contributed by atoms with Crippen LogP contribution in [-0.2, 0) is 9.53 Å². The van der Waals surface area contributed by atoms with E-state index in [-0.39, 0.29) is 24.2 Å². The monoisotopic (exact) mass is 757 g/mol. The minimum absolute atomic E-state index is 0.0118. The van der Waals surface area contributed by atoms with E-state index in [4.69, 9.17) is 24.1 Å². The number of ether oxygens (including phenoxy) is 1. The summed E-state index contributed by atoms with van der Waals surface area (Å²) in [6, 6.07) is 34.1. The number of benzene rings is 6. The van der Waals surface area contributed by atoms with Crippen molar-refractivity contribution < 1.29 is 39.1 Å². The van der Waals surface area contributed by atoms with Crippen LogP contribution in [0.25, 0.3) is 79.0 Å². The van der Waals surface area contributed by atoms with Crippen LogP contribution in [0.1, 0.15) is 47.2 Å². The third-order valence-electron chi connectivity index (χ3n) is 9.93. The van der Waals surface area contributed by atoms with Crippen molar-refractivity contribution in [2.24, 2.45) is 0 Å². The van der Waals surface area contributed by atoms with Gasteiger partial charge in [0, 0.05) is 63.7 Å². The second-order valence-electron chi connectivity index (χ2n) is 13.9. The number of hydrogen-bond donors (Lipinski definition) is 4. The van der Waals surface area contributed by atoms with Crippen molar-refractivity contribution in [3.63, 3.8) is 0 Å². The summed E-state index contributed by atoms with van der Waals surface area (Å²) < 4.78 is 18.0. The van der Waals surface area contributed by atoms with E-state index in [2.05, 4.69) is 5.73 Å². The first-order valence-corrected chi connectivity index (χ1v) is 18.5. The molecule has 0 spiro atoms. The fourth-order valence-corrected chi connectivity index (χ4v) is 7.20. The molecule has 0 aromatic heterocycles. The third kappa shape index (κ3) is 7.67. The quantitative estimate of drug-likeness (QED) is 0.0437. The highest BCUT2D eigenvalue weighted by atomic mass is 16.5. The first-order chi connectivity index (χ1) is 27.6. The van der Waals surface area contributed by atoms with Gasteiger partial charge in [0.1, 0.15) is 34.1 Å². The van der Waals surface area contributed by atoms with Crippen molar-refractivity contribution in [2.45, 2.75) is 25.7 Å². The molecular formula is C47H37N2O8+. The lowest BCUT2D eigenvalue weighted by molar-refractivity contribution is -0.254. The number of unbranched alkanes of at least 4 members (excludes halogenated alkanes) is 2. The number of quaternary nitrogens is 1. The van der Waals surface area contributed by atoms with Gasteiger partial charge in [0.2, 0.25) is 0 Å². The number of carbonyl (C=O) groups is 2. The molecule has 4 aromatic rings. The first kappa shape index (κ1) is 36.7. The molecule has 6 N–H and O–H groups in total. The molecule has 0 bridgehead atoms. The fraction of sp³-hybridized carbons (Fsp3) is 0.106. The molecule has 10 nitrogen and oxygen atoms in total. The van der Waals surface area contributed by atoms with Crippen molar-refractivity contribution in [1.82, 2.24) is 0 Å². The molecule has 0 unspecified atom stereocenters. The van der Waals surface area contributed by atoms with Gasteiger partial charge >= 0.3 is 11.9 Å². The van der Waals surface area contributed by atoms with E-state index in [1.54, 1.807) is 30.3 Å². The first-order valence-electron chi connectivity index (χ1n) is 18.5. The fourth-order valence-electron chi connectivity index (χ4n) is 7.20. The number of phenolic OH excluding ortho intramolecular Hbond substituents is 1. The van der Waals surface area contributed by atoms with Gasteiger partial charge in [0.15, 0.2) is 5.43 Å². The van der Waals surface area contributed by atoms with Gasteiger partial charge < -0.3 is 34.9 Å². The summed E-state index contributed by atoms with van der Waals surface area (Å²) in [7, 11) is 0. The summed E-state index contributed by atoms with van der Waals surface area (Å²) in [5, 5.41) is 29.3. The van der Waals surface area contributed by atoms with Gasteiger partial charge in [-0.25, -0.2) is 4.79 Å². The lowest BCUT2D eigenvalue weighted by atomic mass is 9.89.